The Hall–Kier alpha value is -2.14. The average molecular weight is 327 g/mol. The predicted octanol–water partition coefficient (Wildman–Crippen LogP) is 2.85. The lowest BCUT2D eigenvalue weighted by molar-refractivity contribution is 0.235. The molecule has 1 aliphatic heterocycles. The molecule has 1 aliphatic rings. The van der Waals surface area contributed by atoms with Gasteiger partial charge in [0, 0.05) is 37.5 Å². The molecule has 1 aromatic heterocycles. The molecule has 2 heterocycles. The van der Waals surface area contributed by atoms with Gasteiger partial charge in [-0.1, -0.05) is 32.0 Å². The van der Waals surface area contributed by atoms with E-state index in [1.807, 2.05) is 39.0 Å². The van der Waals surface area contributed by atoms with E-state index in [0.29, 0.717) is 13.2 Å². The fraction of sp³-hybridized carbons (Fsp3) is 0.474. The van der Waals surface area contributed by atoms with Crippen molar-refractivity contribution in [1.82, 2.24) is 14.9 Å². The lowest BCUT2D eigenvalue weighted by Crippen LogP contribution is -2.36. The van der Waals surface area contributed by atoms with Gasteiger partial charge in [0.05, 0.1) is 17.9 Å². The summed E-state index contributed by atoms with van der Waals surface area (Å²) in [6, 6.07) is 8.10. The van der Waals surface area contributed by atoms with E-state index >= 15 is 0 Å². The minimum atomic E-state index is 0.00601. The number of hydrogen-bond acceptors (Lipinski definition) is 4. The monoisotopic (exact) mass is 327 g/mol. The van der Waals surface area contributed by atoms with E-state index in [-0.39, 0.29) is 11.5 Å². The molecule has 24 heavy (non-hydrogen) atoms. The van der Waals surface area contributed by atoms with Crippen LogP contribution in [0.4, 0.5) is 0 Å². The lowest BCUT2D eigenvalue weighted by Gasteiger charge is -2.28. The molecule has 0 amide bonds. The van der Waals surface area contributed by atoms with Crippen molar-refractivity contribution in [2.24, 2.45) is 0 Å². The molecule has 0 saturated heterocycles. The van der Waals surface area contributed by atoms with E-state index in [0.717, 1.165) is 47.9 Å². The molecule has 2 aromatic rings. The second kappa shape index (κ2) is 7.18. The molecule has 0 aliphatic carbocycles. The molecule has 0 radical (unpaired) electrons. The van der Waals surface area contributed by atoms with E-state index in [1.54, 1.807) is 0 Å². The fourth-order valence-electron chi connectivity index (χ4n) is 3.08. The van der Waals surface area contributed by atoms with Crippen LogP contribution < -0.4 is 10.3 Å². The number of benzene rings is 1. The summed E-state index contributed by atoms with van der Waals surface area (Å²) in [5.41, 5.74) is 2.92. The summed E-state index contributed by atoms with van der Waals surface area (Å²) >= 11 is 0. The van der Waals surface area contributed by atoms with E-state index in [9.17, 15) is 4.79 Å². The maximum Gasteiger partial charge on any atom is 0.255 e. The van der Waals surface area contributed by atoms with E-state index < -0.39 is 0 Å². The van der Waals surface area contributed by atoms with Gasteiger partial charge >= 0.3 is 0 Å². The van der Waals surface area contributed by atoms with E-state index in [2.05, 4.69) is 20.9 Å². The standard InChI is InChI=1S/C19H25N3O2/c1-4-24-17-8-6-5-7-14(17)11-22-10-9-16-15(12-22)19(23)21-18(20-16)13(2)3/h5-8,13H,4,9-12H2,1-3H3,(H,20,21,23). The zero-order valence-electron chi connectivity index (χ0n) is 14.6. The molecule has 0 bridgehead atoms. The summed E-state index contributed by atoms with van der Waals surface area (Å²) in [6.45, 7) is 9.06. The Morgan fingerprint density at radius 2 is 2.12 bits per heavy atom. The molecule has 0 fully saturated rings. The molecule has 1 aromatic carbocycles. The molecule has 128 valence electrons. The van der Waals surface area contributed by atoms with Crippen LogP contribution in [-0.2, 0) is 19.5 Å². The molecule has 3 rings (SSSR count). The van der Waals surface area contributed by atoms with Gasteiger partial charge in [-0.05, 0) is 13.0 Å². The predicted molar refractivity (Wildman–Crippen MR) is 94.4 cm³/mol. The van der Waals surface area contributed by atoms with Crippen molar-refractivity contribution >= 4 is 0 Å². The van der Waals surface area contributed by atoms with Gasteiger partial charge in [-0.15, -0.1) is 0 Å². The topological polar surface area (TPSA) is 58.2 Å². The summed E-state index contributed by atoms with van der Waals surface area (Å²) in [6.07, 6.45) is 0.815. The van der Waals surface area contributed by atoms with Gasteiger partial charge in [0.2, 0.25) is 0 Å². The van der Waals surface area contributed by atoms with Crippen LogP contribution >= 0.6 is 0 Å². The molecule has 0 spiro atoms. The number of para-hydroxylation sites is 1. The van der Waals surface area contributed by atoms with Crippen LogP contribution in [0.25, 0.3) is 0 Å². The van der Waals surface area contributed by atoms with Crippen LogP contribution in [0.5, 0.6) is 5.75 Å². The number of aromatic amines is 1. The molecule has 0 saturated carbocycles. The second-order valence-electron chi connectivity index (χ2n) is 6.53. The first-order valence-corrected chi connectivity index (χ1v) is 8.63. The van der Waals surface area contributed by atoms with Crippen LogP contribution in [0.1, 0.15) is 49.3 Å². The highest BCUT2D eigenvalue weighted by molar-refractivity contribution is 5.33. The molecule has 5 heteroatoms. The van der Waals surface area contributed by atoms with Crippen molar-refractivity contribution in [3.05, 3.63) is 57.3 Å². The van der Waals surface area contributed by atoms with Crippen LogP contribution in [-0.4, -0.2) is 28.0 Å². The maximum absolute atomic E-state index is 12.4. The van der Waals surface area contributed by atoms with Crippen LogP contribution in [0.2, 0.25) is 0 Å². The molecular formula is C19H25N3O2. The number of fused-ring (bicyclic) bond motifs is 1. The van der Waals surface area contributed by atoms with Crippen molar-refractivity contribution in [3.63, 3.8) is 0 Å². The summed E-state index contributed by atoms with van der Waals surface area (Å²) in [4.78, 5) is 22.3. The molecule has 1 N–H and O–H groups in total. The lowest BCUT2D eigenvalue weighted by atomic mass is 10.0. The zero-order valence-corrected chi connectivity index (χ0v) is 14.6. The highest BCUT2D eigenvalue weighted by Crippen LogP contribution is 2.23. The Morgan fingerprint density at radius 3 is 2.88 bits per heavy atom. The Morgan fingerprint density at radius 1 is 1.33 bits per heavy atom. The van der Waals surface area contributed by atoms with Gasteiger partial charge < -0.3 is 9.72 Å². The fourth-order valence-corrected chi connectivity index (χ4v) is 3.08. The molecule has 0 unspecified atom stereocenters. The molecule has 5 nitrogen and oxygen atoms in total. The Labute approximate surface area is 142 Å². The third kappa shape index (κ3) is 3.51. The number of rotatable bonds is 5. The van der Waals surface area contributed by atoms with Crippen LogP contribution in [0.15, 0.2) is 29.1 Å². The van der Waals surface area contributed by atoms with Crippen molar-refractivity contribution in [1.29, 1.82) is 0 Å². The molecule has 0 atom stereocenters. The third-order valence-corrected chi connectivity index (χ3v) is 4.38. The largest absolute Gasteiger partial charge is 0.494 e. The van der Waals surface area contributed by atoms with Crippen LogP contribution in [0.3, 0.4) is 0 Å². The highest BCUT2D eigenvalue weighted by Gasteiger charge is 2.22. The van der Waals surface area contributed by atoms with Crippen molar-refractivity contribution in [2.75, 3.05) is 13.2 Å². The maximum atomic E-state index is 12.4. The summed E-state index contributed by atoms with van der Waals surface area (Å²) in [5, 5.41) is 0. The zero-order chi connectivity index (χ0) is 17.1. The number of H-pyrrole nitrogens is 1. The number of ether oxygens (including phenoxy) is 1. The van der Waals surface area contributed by atoms with Gasteiger partial charge in [0.1, 0.15) is 11.6 Å². The number of hydrogen-bond donors (Lipinski definition) is 1. The highest BCUT2D eigenvalue weighted by atomic mass is 16.5. The van der Waals surface area contributed by atoms with E-state index in [1.165, 1.54) is 0 Å². The Bertz CT molecular complexity index is 767. The number of nitrogens with one attached hydrogen (secondary N) is 1. The van der Waals surface area contributed by atoms with Crippen molar-refractivity contribution in [2.45, 2.75) is 46.2 Å². The minimum absolute atomic E-state index is 0.00601. The van der Waals surface area contributed by atoms with Gasteiger partial charge in [-0.2, -0.15) is 0 Å². The molecular weight excluding hydrogens is 302 g/mol. The van der Waals surface area contributed by atoms with Crippen molar-refractivity contribution < 1.29 is 4.74 Å². The minimum Gasteiger partial charge on any atom is -0.494 e. The second-order valence-corrected chi connectivity index (χ2v) is 6.53. The van der Waals surface area contributed by atoms with Crippen LogP contribution in [0, 0.1) is 0 Å². The van der Waals surface area contributed by atoms with Gasteiger partial charge in [-0.25, -0.2) is 4.98 Å². The van der Waals surface area contributed by atoms with Crippen molar-refractivity contribution in [3.8, 4) is 5.75 Å². The van der Waals surface area contributed by atoms with Gasteiger partial charge in [0.15, 0.2) is 0 Å². The van der Waals surface area contributed by atoms with Gasteiger partial charge in [0.25, 0.3) is 5.56 Å². The summed E-state index contributed by atoms with van der Waals surface area (Å²) in [7, 11) is 0. The average Bonchev–Trinajstić information content (AvgIpc) is 2.57. The third-order valence-electron chi connectivity index (χ3n) is 4.38. The Kier molecular flexibility index (Phi) is 5.00. The van der Waals surface area contributed by atoms with E-state index in [4.69, 9.17) is 4.74 Å². The number of aromatic nitrogens is 2. The quantitative estimate of drug-likeness (QED) is 0.917. The first-order chi connectivity index (χ1) is 11.6. The number of nitrogens with zero attached hydrogens (tertiary/aromatic N) is 2. The Balaban J connectivity index is 1.80. The SMILES string of the molecule is CCOc1ccccc1CN1CCc2nc(C(C)C)[nH]c(=O)c2C1. The normalized spacial score (nSPS) is 14.7. The first kappa shape index (κ1) is 16.7. The summed E-state index contributed by atoms with van der Waals surface area (Å²) < 4.78 is 5.71. The first-order valence-electron chi connectivity index (χ1n) is 8.63. The van der Waals surface area contributed by atoms with Gasteiger partial charge in [-0.3, -0.25) is 9.69 Å². The summed E-state index contributed by atoms with van der Waals surface area (Å²) in [5.74, 6) is 1.95. The smallest absolute Gasteiger partial charge is 0.255 e.